The molecular formula is C23H26F2N2O4. The van der Waals surface area contributed by atoms with Crippen LogP contribution in [-0.4, -0.2) is 38.6 Å². The first kappa shape index (κ1) is 22.5. The molecule has 1 saturated heterocycles. The Morgan fingerprint density at radius 1 is 1.23 bits per heavy atom. The third-order valence-electron chi connectivity index (χ3n) is 5.32. The van der Waals surface area contributed by atoms with Crippen LogP contribution in [0, 0.1) is 5.92 Å². The highest BCUT2D eigenvalue weighted by atomic mass is 19.3. The normalized spacial score (nSPS) is 16.0. The van der Waals surface area contributed by atoms with Gasteiger partial charge in [0.25, 0.3) is 0 Å². The first-order valence-corrected chi connectivity index (χ1v) is 10.2. The second kappa shape index (κ2) is 10.2. The molecule has 0 aromatic heterocycles. The van der Waals surface area contributed by atoms with Crippen molar-refractivity contribution in [2.75, 3.05) is 25.1 Å². The van der Waals surface area contributed by atoms with Gasteiger partial charge in [-0.1, -0.05) is 31.2 Å². The van der Waals surface area contributed by atoms with Crippen LogP contribution in [0.1, 0.15) is 24.5 Å². The van der Waals surface area contributed by atoms with E-state index in [0.717, 1.165) is 23.2 Å². The predicted octanol–water partition coefficient (Wildman–Crippen LogP) is 3.57. The van der Waals surface area contributed by atoms with Crippen molar-refractivity contribution >= 4 is 17.5 Å². The van der Waals surface area contributed by atoms with Crippen molar-refractivity contribution in [2.24, 2.45) is 5.92 Å². The quantitative estimate of drug-likeness (QED) is 0.658. The maximum Gasteiger partial charge on any atom is 0.387 e. The van der Waals surface area contributed by atoms with E-state index in [2.05, 4.69) is 10.1 Å². The Kier molecular flexibility index (Phi) is 7.44. The maximum absolute atomic E-state index is 12.6. The number of anilines is 1. The number of hydrogen-bond donors (Lipinski definition) is 1. The van der Waals surface area contributed by atoms with E-state index in [4.69, 9.17) is 4.74 Å². The molecule has 31 heavy (non-hydrogen) atoms. The summed E-state index contributed by atoms with van der Waals surface area (Å²) in [7, 11) is 1.37. The minimum absolute atomic E-state index is 0.0482. The van der Waals surface area contributed by atoms with E-state index < -0.39 is 12.5 Å². The Morgan fingerprint density at radius 3 is 2.71 bits per heavy atom. The average Bonchev–Trinajstić information content (AvgIpc) is 3.15. The number of benzene rings is 2. The highest BCUT2D eigenvalue weighted by Crippen LogP contribution is 2.30. The largest absolute Gasteiger partial charge is 0.493 e. The van der Waals surface area contributed by atoms with Gasteiger partial charge in [-0.25, -0.2) is 0 Å². The summed E-state index contributed by atoms with van der Waals surface area (Å²) in [6, 6.07) is 12.5. The van der Waals surface area contributed by atoms with E-state index in [9.17, 15) is 18.4 Å². The molecule has 0 spiro atoms. The summed E-state index contributed by atoms with van der Waals surface area (Å²) in [6.07, 6.45) is 1.40. The Hall–Kier alpha value is -3.16. The number of carbonyl (C=O) groups is 2. The molecule has 1 fully saturated rings. The fourth-order valence-electron chi connectivity index (χ4n) is 3.73. The first-order valence-electron chi connectivity index (χ1n) is 10.2. The highest BCUT2D eigenvalue weighted by Gasteiger charge is 2.35. The first-order chi connectivity index (χ1) is 14.9. The predicted molar refractivity (Wildman–Crippen MR) is 113 cm³/mol. The van der Waals surface area contributed by atoms with Crippen molar-refractivity contribution in [3.8, 4) is 11.5 Å². The van der Waals surface area contributed by atoms with E-state index in [1.165, 1.54) is 13.2 Å². The summed E-state index contributed by atoms with van der Waals surface area (Å²) < 4.78 is 34.6. The number of rotatable bonds is 9. The maximum atomic E-state index is 12.6. The van der Waals surface area contributed by atoms with Gasteiger partial charge < -0.3 is 19.7 Å². The number of carbonyl (C=O) groups excluding carboxylic acids is 2. The molecule has 3 rings (SSSR count). The van der Waals surface area contributed by atoms with E-state index in [1.807, 2.05) is 31.2 Å². The van der Waals surface area contributed by atoms with E-state index in [0.29, 0.717) is 19.5 Å². The lowest BCUT2D eigenvalue weighted by atomic mass is 10.1. The molecule has 0 aliphatic carbocycles. The molecule has 2 aromatic carbocycles. The van der Waals surface area contributed by atoms with E-state index in [1.54, 1.807) is 17.0 Å². The number of aryl methyl sites for hydroxylation is 1. The molecular weight excluding hydrogens is 406 g/mol. The Morgan fingerprint density at radius 2 is 2.00 bits per heavy atom. The number of alkyl halides is 2. The van der Waals surface area contributed by atoms with Gasteiger partial charge in [0.15, 0.2) is 11.5 Å². The third-order valence-corrected chi connectivity index (χ3v) is 5.32. The zero-order chi connectivity index (χ0) is 22.4. The van der Waals surface area contributed by atoms with Crippen molar-refractivity contribution in [1.82, 2.24) is 5.32 Å². The van der Waals surface area contributed by atoms with E-state index in [-0.39, 0.29) is 29.7 Å². The average molecular weight is 432 g/mol. The van der Waals surface area contributed by atoms with Crippen LogP contribution in [0.25, 0.3) is 0 Å². The van der Waals surface area contributed by atoms with Crippen LogP contribution in [0.3, 0.4) is 0 Å². The van der Waals surface area contributed by atoms with Crippen LogP contribution in [0.15, 0.2) is 42.5 Å². The van der Waals surface area contributed by atoms with Gasteiger partial charge in [0.1, 0.15) is 0 Å². The number of nitrogens with one attached hydrogen (secondary N) is 1. The van der Waals surface area contributed by atoms with Gasteiger partial charge in [-0.2, -0.15) is 8.78 Å². The lowest BCUT2D eigenvalue weighted by Crippen LogP contribution is -2.34. The lowest BCUT2D eigenvalue weighted by molar-refractivity contribution is -0.126. The summed E-state index contributed by atoms with van der Waals surface area (Å²) in [5, 5.41) is 2.85. The minimum Gasteiger partial charge on any atom is -0.493 e. The van der Waals surface area contributed by atoms with Crippen molar-refractivity contribution in [2.45, 2.75) is 32.8 Å². The van der Waals surface area contributed by atoms with E-state index >= 15 is 0 Å². The minimum atomic E-state index is -2.95. The number of nitrogens with zero attached hydrogens (tertiary/aromatic N) is 1. The van der Waals surface area contributed by atoms with Crippen LogP contribution in [0.5, 0.6) is 11.5 Å². The van der Waals surface area contributed by atoms with Gasteiger partial charge in [0.05, 0.1) is 13.0 Å². The molecule has 0 radical (unpaired) electrons. The molecule has 6 nitrogen and oxygen atoms in total. The van der Waals surface area contributed by atoms with Gasteiger partial charge in [-0.3, -0.25) is 9.59 Å². The highest BCUT2D eigenvalue weighted by molar-refractivity contribution is 6.00. The van der Waals surface area contributed by atoms with Gasteiger partial charge in [-0.05, 0) is 42.2 Å². The summed E-state index contributed by atoms with van der Waals surface area (Å²) in [5.74, 6) is -0.517. The number of methoxy groups -OCH3 is 1. The van der Waals surface area contributed by atoms with Crippen LogP contribution >= 0.6 is 0 Å². The molecule has 1 aliphatic heterocycles. The molecule has 1 unspecified atom stereocenters. The molecule has 0 bridgehead atoms. The second-order valence-corrected chi connectivity index (χ2v) is 7.29. The molecule has 166 valence electrons. The van der Waals surface area contributed by atoms with Gasteiger partial charge in [-0.15, -0.1) is 0 Å². The molecule has 1 heterocycles. The Balaban J connectivity index is 1.56. The molecule has 1 N–H and O–H groups in total. The van der Waals surface area contributed by atoms with Gasteiger partial charge in [0.2, 0.25) is 11.8 Å². The second-order valence-electron chi connectivity index (χ2n) is 7.29. The standard InChI is InChI=1S/C23H26F2N2O4/c1-3-16-6-4-5-7-18(16)27-14-17(13-21(27)28)22(29)26-11-10-15-8-9-19(30-2)20(12-15)31-23(24)25/h4-9,12,17,23H,3,10-11,13-14H2,1-2H3,(H,26,29). The summed E-state index contributed by atoms with van der Waals surface area (Å²) in [6.45, 7) is -0.267. The molecule has 1 atom stereocenters. The van der Waals surface area contributed by atoms with Gasteiger partial charge in [0, 0.05) is 25.2 Å². The van der Waals surface area contributed by atoms with Crippen molar-refractivity contribution < 1.29 is 27.8 Å². The zero-order valence-corrected chi connectivity index (χ0v) is 17.6. The molecule has 0 saturated carbocycles. The SMILES string of the molecule is CCc1ccccc1N1CC(C(=O)NCCc2ccc(OC)c(OC(F)F)c2)CC1=O. The van der Waals surface area contributed by atoms with Crippen molar-refractivity contribution in [3.05, 3.63) is 53.6 Å². The Labute approximate surface area is 180 Å². The van der Waals surface area contributed by atoms with Crippen LogP contribution < -0.4 is 19.7 Å². The smallest absolute Gasteiger partial charge is 0.387 e. The number of amides is 2. The summed E-state index contributed by atoms with van der Waals surface area (Å²) in [5.41, 5.74) is 2.64. The Bertz CT molecular complexity index is 936. The topological polar surface area (TPSA) is 67.9 Å². The summed E-state index contributed by atoms with van der Waals surface area (Å²) >= 11 is 0. The van der Waals surface area contributed by atoms with Crippen LogP contribution in [0.4, 0.5) is 14.5 Å². The van der Waals surface area contributed by atoms with Crippen molar-refractivity contribution in [3.63, 3.8) is 0 Å². The molecule has 2 aromatic rings. The number of hydrogen-bond acceptors (Lipinski definition) is 4. The van der Waals surface area contributed by atoms with Crippen molar-refractivity contribution in [1.29, 1.82) is 0 Å². The molecule has 1 aliphatic rings. The number of halogens is 2. The fraction of sp³-hybridized carbons (Fsp3) is 0.391. The molecule has 8 heteroatoms. The monoisotopic (exact) mass is 432 g/mol. The van der Waals surface area contributed by atoms with Crippen LogP contribution in [0.2, 0.25) is 0 Å². The molecule has 2 amide bonds. The third kappa shape index (κ3) is 5.51. The number of para-hydroxylation sites is 1. The lowest BCUT2D eigenvalue weighted by Gasteiger charge is -2.20. The number of ether oxygens (including phenoxy) is 2. The zero-order valence-electron chi connectivity index (χ0n) is 17.6. The van der Waals surface area contributed by atoms with Crippen LogP contribution in [-0.2, 0) is 22.4 Å². The van der Waals surface area contributed by atoms with Gasteiger partial charge >= 0.3 is 6.61 Å². The summed E-state index contributed by atoms with van der Waals surface area (Å²) in [4.78, 5) is 26.8. The fourth-order valence-corrected chi connectivity index (χ4v) is 3.73.